The van der Waals surface area contributed by atoms with Gasteiger partial charge < -0.3 is 15.4 Å². The third kappa shape index (κ3) is 5.63. The number of amides is 2. The Bertz CT molecular complexity index is 343. The van der Waals surface area contributed by atoms with Crippen LogP contribution in [0.3, 0.4) is 0 Å². The van der Waals surface area contributed by atoms with Crippen molar-refractivity contribution in [3.63, 3.8) is 0 Å². The van der Waals surface area contributed by atoms with E-state index in [-0.39, 0.29) is 12.1 Å². The summed E-state index contributed by atoms with van der Waals surface area (Å²) in [5, 5.41) is 5.62. The number of aromatic nitrogens is 1. The number of hydrogen-bond donors (Lipinski definition) is 2. The molecule has 0 unspecified atom stereocenters. The Morgan fingerprint density at radius 2 is 2.33 bits per heavy atom. The molecule has 0 aliphatic carbocycles. The highest BCUT2D eigenvalue weighted by molar-refractivity contribution is 5.74. The van der Waals surface area contributed by atoms with Crippen LogP contribution in [0.4, 0.5) is 4.79 Å². The predicted molar refractivity (Wildman–Crippen MR) is 70.3 cm³/mol. The summed E-state index contributed by atoms with van der Waals surface area (Å²) in [5.74, 6) is 0. The molecule has 1 heterocycles. The van der Waals surface area contributed by atoms with E-state index in [9.17, 15) is 4.79 Å². The maximum absolute atomic E-state index is 11.6. The van der Waals surface area contributed by atoms with Crippen LogP contribution in [0.25, 0.3) is 0 Å². The molecule has 0 saturated heterocycles. The quantitative estimate of drug-likeness (QED) is 0.727. The molecule has 18 heavy (non-hydrogen) atoms. The van der Waals surface area contributed by atoms with E-state index in [1.165, 1.54) is 0 Å². The van der Waals surface area contributed by atoms with E-state index in [4.69, 9.17) is 4.74 Å². The molecule has 0 radical (unpaired) electrons. The van der Waals surface area contributed by atoms with Gasteiger partial charge in [-0.1, -0.05) is 6.07 Å². The summed E-state index contributed by atoms with van der Waals surface area (Å²) in [5.41, 5.74) is 0.849. The Kier molecular flexibility index (Phi) is 6.79. The SMILES string of the molecule is CCOCCCNC(=O)N[C@@H](C)c1ccccn1. The molecule has 1 atom stereocenters. The largest absolute Gasteiger partial charge is 0.382 e. The van der Waals surface area contributed by atoms with Gasteiger partial charge in [0.1, 0.15) is 0 Å². The van der Waals surface area contributed by atoms with Gasteiger partial charge in [-0.25, -0.2) is 4.79 Å². The van der Waals surface area contributed by atoms with Crippen LogP contribution in [-0.2, 0) is 4.74 Å². The summed E-state index contributed by atoms with van der Waals surface area (Å²) < 4.78 is 5.18. The van der Waals surface area contributed by atoms with Gasteiger partial charge in [0.15, 0.2) is 0 Å². The molecular weight excluding hydrogens is 230 g/mol. The van der Waals surface area contributed by atoms with Crippen molar-refractivity contribution in [3.8, 4) is 0 Å². The lowest BCUT2D eigenvalue weighted by atomic mass is 10.2. The number of urea groups is 1. The number of pyridine rings is 1. The van der Waals surface area contributed by atoms with E-state index in [1.807, 2.05) is 32.0 Å². The highest BCUT2D eigenvalue weighted by Crippen LogP contribution is 2.06. The molecule has 0 aliphatic rings. The molecule has 0 aromatic carbocycles. The first kappa shape index (κ1) is 14.4. The summed E-state index contributed by atoms with van der Waals surface area (Å²) >= 11 is 0. The monoisotopic (exact) mass is 251 g/mol. The minimum atomic E-state index is -0.176. The van der Waals surface area contributed by atoms with Crippen LogP contribution in [0, 0.1) is 0 Å². The molecular formula is C13H21N3O2. The Morgan fingerprint density at radius 3 is 3.00 bits per heavy atom. The molecule has 1 aromatic heterocycles. The standard InChI is InChI=1S/C13H21N3O2/c1-3-18-10-6-9-15-13(17)16-11(2)12-7-4-5-8-14-12/h4-5,7-8,11H,3,6,9-10H2,1-2H3,(H2,15,16,17)/t11-/m0/s1. The van der Waals surface area contributed by atoms with E-state index in [2.05, 4.69) is 15.6 Å². The lowest BCUT2D eigenvalue weighted by Gasteiger charge is -2.14. The summed E-state index contributed by atoms with van der Waals surface area (Å²) in [7, 11) is 0. The summed E-state index contributed by atoms with van der Waals surface area (Å²) in [6.07, 6.45) is 2.53. The fraction of sp³-hybridized carbons (Fsp3) is 0.538. The Balaban J connectivity index is 2.20. The van der Waals surface area contributed by atoms with Crippen molar-refractivity contribution < 1.29 is 9.53 Å². The van der Waals surface area contributed by atoms with Gasteiger partial charge in [0.2, 0.25) is 0 Å². The predicted octanol–water partition coefficient (Wildman–Crippen LogP) is 1.87. The van der Waals surface area contributed by atoms with Crippen molar-refractivity contribution in [2.24, 2.45) is 0 Å². The molecule has 0 aliphatic heterocycles. The summed E-state index contributed by atoms with van der Waals surface area (Å²) in [4.78, 5) is 15.8. The minimum absolute atomic E-state index is 0.0990. The highest BCUT2D eigenvalue weighted by Gasteiger charge is 2.09. The molecule has 0 fully saturated rings. The first-order valence-electron chi connectivity index (χ1n) is 6.27. The second-order valence-electron chi connectivity index (χ2n) is 3.93. The zero-order valence-corrected chi connectivity index (χ0v) is 11.0. The van der Waals surface area contributed by atoms with Gasteiger partial charge in [0.25, 0.3) is 0 Å². The molecule has 0 bridgehead atoms. The third-order valence-corrected chi connectivity index (χ3v) is 2.43. The molecule has 5 nitrogen and oxygen atoms in total. The maximum Gasteiger partial charge on any atom is 0.315 e. The molecule has 0 saturated carbocycles. The van der Waals surface area contributed by atoms with Crippen LogP contribution in [-0.4, -0.2) is 30.8 Å². The fourth-order valence-corrected chi connectivity index (χ4v) is 1.47. The Morgan fingerprint density at radius 1 is 1.50 bits per heavy atom. The highest BCUT2D eigenvalue weighted by atomic mass is 16.5. The molecule has 0 spiro atoms. The average Bonchev–Trinajstić information content (AvgIpc) is 2.39. The van der Waals surface area contributed by atoms with E-state index in [0.29, 0.717) is 19.8 Å². The van der Waals surface area contributed by atoms with Crippen molar-refractivity contribution >= 4 is 6.03 Å². The van der Waals surface area contributed by atoms with Crippen LogP contribution in [0.2, 0.25) is 0 Å². The van der Waals surface area contributed by atoms with E-state index >= 15 is 0 Å². The van der Waals surface area contributed by atoms with E-state index < -0.39 is 0 Å². The minimum Gasteiger partial charge on any atom is -0.382 e. The molecule has 1 rings (SSSR count). The van der Waals surface area contributed by atoms with Gasteiger partial charge in [-0.15, -0.1) is 0 Å². The smallest absolute Gasteiger partial charge is 0.315 e. The van der Waals surface area contributed by atoms with Gasteiger partial charge in [-0.2, -0.15) is 0 Å². The molecule has 5 heteroatoms. The molecule has 100 valence electrons. The number of nitrogens with one attached hydrogen (secondary N) is 2. The number of hydrogen-bond acceptors (Lipinski definition) is 3. The van der Waals surface area contributed by atoms with Crippen molar-refractivity contribution in [1.82, 2.24) is 15.6 Å². The second-order valence-corrected chi connectivity index (χ2v) is 3.93. The van der Waals surface area contributed by atoms with Crippen LogP contribution in [0.15, 0.2) is 24.4 Å². The third-order valence-electron chi connectivity index (χ3n) is 2.43. The number of rotatable bonds is 7. The lowest BCUT2D eigenvalue weighted by Crippen LogP contribution is -2.38. The second kappa shape index (κ2) is 8.47. The molecule has 2 amide bonds. The van der Waals surface area contributed by atoms with Crippen LogP contribution in [0.5, 0.6) is 0 Å². The van der Waals surface area contributed by atoms with Gasteiger partial charge >= 0.3 is 6.03 Å². The lowest BCUT2D eigenvalue weighted by molar-refractivity contribution is 0.145. The molecule has 2 N–H and O–H groups in total. The van der Waals surface area contributed by atoms with Gasteiger partial charge in [-0.3, -0.25) is 4.98 Å². The van der Waals surface area contributed by atoms with Crippen LogP contribution in [0.1, 0.15) is 32.0 Å². The first-order chi connectivity index (χ1) is 8.74. The van der Waals surface area contributed by atoms with Crippen LogP contribution >= 0.6 is 0 Å². The van der Waals surface area contributed by atoms with Gasteiger partial charge in [0.05, 0.1) is 11.7 Å². The number of carbonyl (C=O) groups is 1. The zero-order chi connectivity index (χ0) is 13.2. The van der Waals surface area contributed by atoms with Crippen molar-refractivity contribution in [3.05, 3.63) is 30.1 Å². The topological polar surface area (TPSA) is 63.2 Å². The van der Waals surface area contributed by atoms with Crippen molar-refractivity contribution in [2.45, 2.75) is 26.3 Å². The van der Waals surface area contributed by atoms with Crippen molar-refractivity contribution in [1.29, 1.82) is 0 Å². The molecule has 1 aromatic rings. The Labute approximate surface area is 108 Å². The van der Waals surface area contributed by atoms with E-state index in [0.717, 1.165) is 12.1 Å². The van der Waals surface area contributed by atoms with Crippen LogP contribution < -0.4 is 10.6 Å². The maximum atomic E-state index is 11.6. The Hall–Kier alpha value is -1.62. The average molecular weight is 251 g/mol. The zero-order valence-electron chi connectivity index (χ0n) is 11.0. The van der Waals surface area contributed by atoms with Gasteiger partial charge in [0, 0.05) is 26.0 Å². The first-order valence-corrected chi connectivity index (χ1v) is 6.27. The normalized spacial score (nSPS) is 11.9. The number of ether oxygens (including phenoxy) is 1. The van der Waals surface area contributed by atoms with Crippen molar-refractivity contribution in [2.75, 3.05) is 19.8 Å². The van der Waals surface area contributed by atoms with Gasteiger partial charge in [-0.05, 0) is 32.4 Å². The summed E-state index contributed by atoms with van der Waals surface area (Å²) in [6, 6.07) is 5.37. The fourth-order valence-electron chi connectivity index (χ4n) is 1.47. The van der Waals surface area contributed by atoms with E-state index in [1.54, 1.807) is 6.20 Å². The number of carbonyl (C=O) groups excluding carboxylic acids is 1. The number of nitrogens with zero attached hydrogens (tertiary/aromatic N) is 1. The summed E-state index contributed by atoms with van der Waals surface area (Å²) in [6.45, 7) is 5.85.